The van der Waals surface area contributed by atoms with Crippen molar-refractivity contribution in [3.63, 3.8) is 0 Å². The highest BCUT2D eigenvalue weighted by Gasteiger charge is 2.38. The van der Waals surface area contributed by atoms with Gasteiger partial charge in [0, 0.05) is 25.1 Å². The number of carboxylic acids is 1. The highest BCUT2D eigenvalue weighted by atomic mass is 32.2. The number of aliphatic hydroxyl groups is 1. The summed E-state index contributed by atoms with van der Waals surface area (Å²) in [5, 5.41) is 18.2. The van der Waals surface area contributed by atoms with Gasteiger partial charge in [0.25, 0.3) is 0 Å². The number of hydrogen-bond donors (Lipinski definition) is 2. The molecule has 1 heterocycles. The van der Waals surface area contributed by atoms with Gasteiger partial charge in [-0.3, -0.25) is 4.79 Å². The predicted octanol–water partition coefficient (Wildman–Crippen LogP) is -0.214. The van der Waals surface area contributed by atoms with Crippen molar-refractivity contribution in [2.75, 3.05) is 18.6 Å². The van der Waals surface area contributed by atoms with Crippen molar-refractivity contribution < 1.29 is 19.8 Å². The Bertz CT molecular complexity index is 258. The van der Waals surface area contributed by atoms with Gasteiger partial charge in [0.2, 0.25) is 5.91 Å². The summed E-state index contributed by atoms with van der Waals surface area (Å²) in [5.41, 5.74) is 0. The number of β-amino-alcohol motifs (C(OH)–C–C–N with tert-alkyl or cyclic N) is 1. The van der Waals surface area contributed by atoms with Crippen LogP contribution in [0.15, 0.2) is 0 Å². The number of rotatable bonds is 4. The molecule has 1 aliphatic heterocycles. The maximum Gasteiger partial charge on any atom is 0.326 e. The number of aliphatic hydroxyl groups excluding tert-OH is 1. The molecule has 6 heteroatoms. The van der Waals surface area contributed by atoms with Crippen molar-refractivity contribution >= 4 is 23.6 Å². The average Bonchev–Trinajstić information content (AvgIpc) is 2.57. The molecule has 0 aliphatic carbocycles. The third kappa shape index (κ3) is 3.10. The molecule has 0 saturated carbocycles. The number of likely N-dealkylation sites (tertiary alicyclic amines) is 1. The van der Waals surface area contributed by atoms with Crippen molar-refractivity contribution in [3.05, 3.63) is 0 Å². The van der Waals surface area contributed by atoms with Crippen LogP contribution < -0.4 is 0 Å². The molecule has 1 aliphatic rings. The van der Waals surface area contributed by atoms with Gasteiger partial charge in [-0.05, 0) is 6.26 Å². The van der Waals surface area contributed by atoms with Crippen LogP contribution in [-0.2, 0) is 9.59 Å². The maximum atomic E-state index is 11.6. The van der Waals surface area contributed by atoms with Gasteiger partial charge in [-0.1, -0.05) is 0 Å². The van der Waals surface area contributed by atoms with Crippen LogP contribution in [0, 0.1) is 0 Å². The van der Waals surface area contributed by atoms with Gasteiger partial charge < -0.3 is 15.1 Å². The van der Waals surface area contributed by atoms with Crippen LogP contribution in [0.2, 0.25) is 0 Å². The zero-order valence-corrected chi connectivity index (χ0v) is 9.37. The molecule has 1 unspecified atom stereocenters. The quantitative estimate of drug-likeness (QED) is 0.702. The number of hydrogen-bond acceptors (Lipinski definition) is 4. The summed E-state index contributed by atoms with van der Waals surface area (Å²) in [6.07, 6.45) is 1.66. The standard InChI is InChI=1S/C9H15NO4S/c1-15-3-2-8(12)10-5-6(11)4-7(10)9(13)14/h6-7,11H,2-5H2,1H3,(H,13,14)/t6?,7-/m0/s1. The number of carboxylic acid groups (broad SMARTS) is 1. The molecular formula is C9H15NO4S. The van der Waals surface area contributed by atoms with E-state index in [9.17, 15) is 14.7 Å². The summed E-state index contributed by atoms with van der Waals surface area (Å²) in [6, 6.07) is -0.852. The molecule has 0 aromatic rings. The van der Waals surface area contributed by atoms with E-state index in [1.165, 1.54) is 4.90 Å². The summed E-state index contributed by atoms with van der Waals surface area (Å²) < 4.78 is 0. The van der Waals surface area contributed by atoms with Gasteiger partial charge in [0.05, 0.1) is 6.10 Å². The fourth-order valence-electron chi connectivity index (χ4n) is 1.66. The normalized spacial score (nSPS) is 25.6. The number of amides is 1. The summed E-state index contributed by atoms with van der Waals surface area (Å²) in [5.74, 6) is -0.546. The van der Waals surface area contributed by atoms with Gasteiger partial charge in [-0.25, -0.2) is 4.79 Å². The lowest BCUT2D eigenvalue weighted by atomic mass is 10.2. The number of carbonyl (C=O) groups is 2. The van der Waals surface area contributed by atoms with E-state index in [0.717, 1.165) is 0 Å². The fourth-order valence-corrected chi connectivity index (χ4v) is 2.04. The van der Waals surface area contributed by atoms with Crippen molar-refractivity contribution in [1.29, 1.82) is 0 Å². The Balaban J connectivity index is 2.58. The van der Waals surface area contributed by atoms with E-state index < -0.39 is 18.1 Å². The predicted molar refractivity (Wildman–Crippen MR) is 56.8 cm³/mol. The minimum absolute atomic E-state index is 0.139. The molecule has 1 saturated heterocycles. The Labute approximate surface area is 92.4 Å². The van der Waals surface area contributed by atoms with E-state index >= 15 is 0 Å². The molecule has 86 valence electrons. The lowest BCUT2D eigenvalue weighted by Crippen LogP contribution is -2.40. The molecule has 0 aromatic heterocycles. The van der Waals surface area contributed by atoms with Gasteiger partial charge in [-0.2, -0.15) is 11.8 Å². The number of nitrogens with zero attached hydrogens (tertiary/aromatic N) is 1. The summed E-state index contributed by atoms with van der Waals surface area (Å²) in [7, 11) is 0. The highest BCUT2D eigenvalue weighted by molar-refractivity contribution is 7.98. The number of carbonyl (C=O) groups excluding carboxylic acids is 1. The SMILES string of the molecule is CSCCC(=O)N1CC(O)C[C@H]1C(=O)O. The van der Waals surface area contributed by atoms with Gasteiger partial charge in [-0.15, -0.1) is 0 Å². The Hall–Kier alpha value is -0.750. The molecule has 5 nitrogen and oxygen atoms in total. The zero-order chi connectivity index (χ0) is 11.4. The molecule has 1 fully saturated rings. The molecule has 2 atom stereocenters. The van der Waals surface area contributed by atoms with E-state index in [-0.39, 0.29) is 18.9 Å². The van der Waals surface area contributed by atoms with E-state index in [1.807, 2.05) is 6.26 Å². The lowest BCUT2D eigenvalue weighted by molar-refractivity contribution is -0.148. The number of thioether (sulfide) groups is 1. The first-order chi connectivity index (χ1) is 7.06. The van der Waals surface area contributed by atoms with Crippen LogP contribution in [0.3, 0.4) is 0 Å². The van der Waals surface area contributed by atoms with Crippen molar-refractivity contribution in [2.24, 2.45) is 0 Å². The van der Waals surface area contributed by atoms with Gasteiger partial charge in [0.15, 0.2) is 0 Å². The molecule has 1 rings (SSSR count). The first-order valence-corrected chi connectivity index (χ1v) is 6.15. The second kappa shape index (κ2) is 5.37. The first kappa shape index (κ1) is 12.3. The molecule has 0 aromatic carbocycles. The Morgan fingerprint density at radius 3 is 2.73 bits per heavy atom. The monoisotopic (exact) mass is 233 g/mol. The Morgan fingerprint density at radius 1 is 1.53 bits per heavy atom. The Kier molecular flexibility index (Phi) is 4.41. The molecule has 0 radical (unpaired) electrons. The van der Waals surface area contributed by atoms with Crippen molar-refractivity contribution in [1.82, 2.24) is 4.90 Å². The summed E-state index contributed by atoms with van der Waals surface area (Å²) >= 11 is 1.54. The molecule has 0 spiro atoms. The smallest absolute Gasteiger partial charge is 0.326 e. The minimum Gasteiger partial charge on any atom is -0.480 e. The largest absolute Gasteiger partial charge is 0.480 e. The van der Waals surface area contributed by atoms with E-state index in [4.69, 9.17) is 5.11 Å². The van der Waals surface area contributed by atoms with Gasteiger partial charge in [0.1, 0.15) is 6.04 Å². The fraction of sp³-hybridized carbons (Fsp3) is 0.778. The van der Waals surface area contributed by atoms with Crippen molar-refractivity contribution in [3.8, 4) is 0 Å². The molecule has 2 N–H and O–H groups in total. The lowest BCUT2D eigenvalue weighted by Gasteiger charge is -2.20. The third-order valence-corrected chi connectivity index (χ3v) is 3.02. The van der Waals surface area contributed by atoms with Crippen LogP contribution in [0.5, 0.6) is 0 Å². The summed E-state index contributed by atoms with van der Waals surface area (Å²) in [4.78, 5) is 23.7. The molecule has 0 bridgehead atoms. The number of aliphatic carboxylic acids is 1. The zero-order valence-electron chi connectivity index (χ0n) is 8.55. The van der Waals surface area contributed by atoms with Crippen LogP contribution in [0.4, 0.5) is 0 Å². The van der Waals surface area contributed by atoms with E-state index in [0.29, 0.717) is 12.2 Å². The van der Waals surface area contributed by atoms with Gasteiger partial charge >= 0.3 is 5.97 Å². The highest BCUT2D eigenvalue weighted by Crippen LogP contribution is 2.19. The van der Waals surface area contributed by atoms with E-state index in [1.54, 1.807) is 11.8 Å². The minimum atomic E-state index is -1.04. The van der Waals surface area contributed by atoms with E-state index in [2.05, 4.69) is 0 Å². The Morgan fingerprint density at radius 2 is 2.20 bits per heavy atom. The van der Waals surface area contributed by atoms with Crippen LogP contribution >= 0.6 is 11.8 Å². The first-order valence-electron chi connectivity index (χ1n) is 4.75. The second-order valence-corrected chi connectivity index (χ2v) is 4.52. The topological polar surface area (TPSA) is 77.8 Å². The maximum absolute atomic E-state index is 11.6. The van der Waals surface area contributed by atoms with Crippen LogP contribution in [0.25, 0.3) is 0 Å². The molecular weight excluding hydrogens is 218 g/mol. The molecule has 1 amide bonds. The second-order valence-electron chi connectivity index (χ2n) is 3.53. The van der Waals surface area contributed by atoms with Crippen LogP contribution in [-0.4, -0.2) is 57.7 Å². The van der Waals surface area contributed by atoms with Crippen LogP contribution in [0.1, 0.15) is 12.8 Å². The third-order valence-electron chi connectivity index (χ3n) is 2.40. The van der Waals surface area contributed by atoms with Crippen molar-refractivity contribution in [2.45, 2.75) is 25.0 Å². The summed E-state index contributed by atoms with van der Waals surface area (Å²) in [6.45, 7) is 0.143. The average molecular weight is 233 g/mol. The molecule has 15 heavy (non-hydrogen) atoms.